The van der Waals surface area contributed by atoms with E-state index in [0.29, 0.717) is 0 Å². The highest BCUT2D eigenvalue weighted by Crippen LogP contribution is 1.76. The first-order valence-electron chi connectivity index (χ1n) is 1.56. The molecule has 0 atom stereocenters. The van der Waals surface area contributed by atoms with E-state index in [4.69, 9.17) is 0 Å². The zero-order valence-corrected chi connectivity index (χ0v) is 3.72. The highest BCUT2D eigenvalue weighted by atomic mass is 17.2. The molecule has 0 aromatic heterocycles. The van der Waals surface area contributed by atoms with Crippen molar-refractivity contribution >= 4 is 5.97 Å². The second-order valence-electron chi connectivity index (χ2n) is 0.724. The van der Waals surface area contributed by atoms with E-state index in [1.807, 2.05) is 0 Å². The van der Waals surface area contributed by atoms with Crippen molar-refractivity contribution in [2.45, 2.75) is 0 Å². The summed E-state index contributed by atoms with van der Waals surface area (Å²) in [4.78, 5) is 17.5. The molecule has 3 heteroatoms. The highest BCUT2D eigenvalue weighted by molar-refractivity contribution is 5.80. The molecule has 0 N–H and O–H groups in total. The maximum atomic E-state index is 9.91. The Balaban J connectivity index is 3.17. The first-order chi connectivity index (χ1) is 3.31. The molecule has 0 spiro atoms. The molecule has 0 saturated heterocycles. The standard InChI is InChI=1S/C4H5O3/c1-3-4(5)7-6-2/h3H,1-2H2. The van der Waals surface area contributed by atoms with Crippen LogP contribution in [0.3, 0.4) is 0 Å². The van der Waals surface area contributed by atoms with Crippen molar-refractivity contribution < 1.29 is 14.6 Å². The molecule has 0 aromatic rings. The van der Waals surface area contributed by atoms with E-state index < -0.39 is 5.97 Å². The lowest BCUT2D eigenvalue weighted by Gasteiger charge is -1.88. The topological polar surface area (TPSA) is 35.5 Å². The van der Waals surface area contributed by atoms with Gasteiger partial charge in [-0.15, -0.1) is 0 Å². The van der Waals surface area contributed by atoms with Crippen molar-refractivity contribution in [1.29, 1.82) is 0 Å². The Morgan fingerprint density at radius 3 is 2.43 bits per heavy atom. The van der Waals surface area contributed by atoms with Crippen LogP contribution in [0.5, 0.6) is 0 Å². The van der Waals surface area contributed by atoms with Crippen LogP contribution in [0.1, 0.15) is 0 Å². The summed E-state index contributed by atoms with van der Waals surface area (Å²) in [5.41, 5.74) is 0. The Bertz CT molecular complexity index is 77.0. The second kappa shape index (κ2) is 3.36. The van der Waals surface area contributed by atoms with Gasteiger partial charge in [-0.2, -0.15) is 4.89 Å². The minimum atomic E-state index is -0.644. The Hall–Kier alpha value is -0.830. The highest BCUT2D eigenvalue weighted by Gasteiger charge is 1.89. The van der Waals surface area contributed by atoms with Crippen LogP contribution in [0.15, 0.2) is 12.7 Å². The average Bonchev–Trinajstić information content (AvgIpc) is 1.68. The van der Waals surface area contributed by atoms with E-state index in [2.05, 4.69) is 23.5 Å². The summed E-state index contributed by atoms with van der Waals surface area (Å²) in [7, 11) is 2.78. The SMILES string of the molecule is [CH2]OOC(=O)C=C. The fourth-order valence-corrected chi connectivity index (χ4v) is 0.0921. The monoisotopic (exact) mass is 101 g/mol. The summed E-state index contributed by atoms with van der Waals surface area (Å²) in [6.07, 6.45) is 0.977. The smallest absolute Gasteiger partial charge is 0.293 e. The first kappa shape index (κ1) is 6.17. The largest absolute Gasteiger partial charge is 0.365 e. The van der Waals surface area contributed by atoms with Gasteiger partial charge < -0.3 is 0 Å². The summed E-state index contributed by atoms with van der Waals surface area (Å²) < 4.78 is 0. The van der Waals surface area contributed by atoms with Crippen molar-refractivity contribution in [1.82, 2.24) is 0 Å². The molecule has 39 valence electrons. The van der Waals surface area contributed by atoms with Gasteiger partial charge in [0.15, 0.2) is 0 Å². The van der Waals surface area contributed by atoms with Crippen LogP contribution >= 0.6 is 0 Å². The van der Waals surface area contributed by atoms with Gasteiger partial charge in [0.05, 0.1) is 0 Å². The lowest BCUT2D eigenvalue weighted by molar-refractivity contribution is -0.235. The van der Waals surface area contributed by atoms with Crippen molar-refractivity contribution in [2.75, 3.05) is 0 Å². The normalized spacial score (nSPS) is 7.57. The van der Waals surface area contributed by atoms with Crippen LogP contribution < -0.4 is 0 Å². The second-order valence-corrected chi connectivity index (χ2v) is 0.724. The molecule has 0 rings (SSSR count). The molecule has 0 amide bonds. The van der Waals surface area contributed by atoms with E-state index in [1.165, 1.54) is 0 Å². The van der Waals surface area contributed by atoms with E-state index in [9.17, 15) is 4.79 Å². The zero-order chi connectivity index (χ0) is 5.70. The summed E-state index contributed by atoms with van der Waals surface area (Å²) >= 11 is 0. The molecule has 0 fully saturated rings. The molecule has 0 unspecified atom stereocenters. The predicted molar refractivity (Wildman–Crippen MR) is 22.7 cm³/mol. The number of rotatable bonds is 2. The quantitative estimate of drug-likeness (QED) is 0.287. The van der Waals surface area contributed by atoms with E-state index >= 15 is 0 Å². The summed E-state index contributed by atoms with van der Waals surface area (Å²) in [5, 5.41) is 0. The van der Waals surface area contributed by atoms with Crippen molar-refractivity contribution in [3.63, 3.8) is 0 Å². The molecule has 0 saturated carbocycles. The Morgan fingerprint density at radius 1 is 1.71 bits per heavy atom. The molecule has 0 bridgehead atoms. The van der Waals surface area contributed by atoms with Crippen LogP contribution in [-0.4, -0.2) is 5.97 Å². The lowest BCUT2D eigenvalue weighted by atomic mass is 10.7. The zero-order valence-electron chi connectivity index (χ0n) is 3.72. The first-order valence-corrected chi connectivity index (χ1v) is 1.56. The molecule has 7 heavy (non-hydrogen) atoms. The van der Waals surface area contributed by atoms with E-state index in [-0.39, 0.29) is 0 Å². The van der Waals surface area contributed by atoms with Gasteiger partial charge in [-0.3, -0.25) is 4.89 Å². The molecule has 3 nitrogen and oxygen atoms in total. The third-order valence-corrected chi connectivity index (χ3v) is 0.308. The van der Waals surface area contributed by atoms with Gasteiger partial charge in [0.25, 0.3) is 0 Å². The molecule has 0 heterocycles. The summed E-state index contributed by atoms with van der Waals surface area (Å²) in [5.74, 6) is -0.644. The van der Waals surface area contributed by atoms with Gasteiger partial charge in [0.2, 0.25) is 0 Å². The lowest BCUT2D eigenvalue weighted by Crippen LogP contribution is -1.95. The number of carbonyl (C=O) groups excluding carboxylic acids is 1. The minimum absolute atomic E-state index is 0.644. The molecule has 0 aliphatic carbocycles. The number of hydrogen-bond donors (Lipinski definition) is 0. The molecular weight excluding hydrogens is 96.0 g/mol. The summed E-state index contributed by atoms with van der Waals surface area (Å²) in [6.45, 7) is 3.10. The third-order valence-electron chi connectivity index (χ3n) is 0.308. The number of carbonyl (C=O) groups is 1. The Labute approximate surface area is 41.5 Å². The van der Waals surface area contributed by atoms with Gasteiger partial charge in [-0.05, 0) is 0 Å². The fraction of sp³-hybridized carbons (Fsp3) is 0. The predicted octanol–water partition coefficient (Wildman–Crippen LogP) is 0.439. The van der Waals surface area contributed by atoms with Gasteiger partial charge in [0.1, 0.15) is 7.11 Å². The maximum absolute atomic E-state index is 9.91. The molecule has 0 aliphatic heterocycles. The van der Waals surface area contributed by atoms with Crippen LogP contribution in [0.4, 0.5) is 0 Å². The van der Waals surface area contributed by atoms with Gasteiger partial charge >= 0.3 is 5.97 Å². The Morgan fingerprint density at radius 2 is 2.29 bits per heavy atom. The Kier molecular flexibility index (Phi) is 2.96. The van der Waals surface area contributed by atoms with E-state index in [0.717, 1.165) is 6.08 Å². The van der Waals surface area contributed by atoms with Crippen molar-refractivity contribution in [2.24, 2.45) is 0 Å². The average molecular weight is 101 g/mol. The number of hydrogen-bond acceptors (Lipinski definition) is 3. The molecule has 0 aromatic carbocycles. The van der Waals surface area contributed by atoms with Crippen molar-refractivity contribution in [3.05, 3.63) is 19.8 Å². The summed E-state index contributed by atoms with van der Waals surface area (Å²) in [6, 6.07) is 0. The van der Waals surface area contributed by atoms with Crippen LogP contribution in [-0.2, 0) is 14.6 Å². The minimum Gasteiger partial charge on any atom is -0.293 e. The van der Waals surface area contributed by atoms with Crippen LogP contribution in [0, 0.1) is 7.11 Å². The van der Waals surface area contributed by atoms with E-state index in [1.54, 1.807) is 0 Å². The maximum Gasteiger partial charge on any atom is 0.365 e. The van der Waals surface area contributed by atoms with Crippen molar-refractivity contribution in [3.8, 4) is 0 Å². The van der Waals surface area contributed by atoms with Gasteiger partial charge in [-0.25, -0.2) is 4.79 Å². The van der Waals surface area contributed by atoms with Gasteiger partial charge in [0, 0.05) is 6.08 Å². The third kappa shape index (κ3) is 2.99. The fourth-order valence-electron chi connectivity index (χ4n) is 0.0921. The molecule has 0 aliphatic rings. The molecular formula is C4H5O3. The molecule has 1 radical (unpaired) electrons. The van der Waals surface area contributed by atoms with Gasteiger partial charge in [-0.1, -0.05) is 6.58 Å². The van der Waals surface area contributed by atoms with Crippen LogP contribution in [0.2, 0.25) is 0 Å². The van der Waals surface area contributed by atoms with Crippen LogP contribution in [0.25, 0.3) is 0 Å².